The van der Waals surface area contributed by atoms with Crippen molar-refractivity contribution < 1.29 is 18.9 Å². The number of ether oxygens (including phenoxy) is 1. The highest BCUT2D eigenvalue weighted by Crippen LogP contribution is 2.28. The van der Waals surface area contributed by atoms with Gasteiger partial charge in [-0.25, -0.2) is 0 Å². The molecule has 2 aromatic heterocycles. The topological polar surface area (TPSA) is 107 Å². The van der Waals surface area contributed by atoms with Crippen molar-refractivity contribution in [2.24, 2.45) is 7.05 Å². The van der Waals surface area contributed by atoms with Crippen LogP contribution in [0.4, 0.5) is 5.69 Å². The highest BCUT2D eigenvalue weighted by molar-refractivity contribution is 5.91. The summed E-state index contributed by atoms with van der Waals surface area (Å²) in [6.07, 6.45) is 3.85. The number of piperazine rings is 1. The molecular weight excluding hydrogens is 414 g/mol. The third-order valence-electron chi connectivity index (χ3n) is 5.38. The highest BCUT2D eigenvalue weighted by Gasteiger charge is 2.25. The molecule has 1 aromatic carbocycles. The number of aryl methyl sites for hydroxylation is 2. The summed E-state index contributed by atoms with van der Waals surface area (Å²) in [5, 5.41) is 15.4. The van der Waals surface area contributed by atoms with Crippen LogP contribution in [0.3, 0.4) is 0 Å². The highest BCUT2D eigenvalue weighted by atomic mass is 16.6. The maximum Gasteiger partial charge on any atom is 0.311 e. The number of hydrogen-bond acceptors (Lipinski definition) is 7. The van der Waals surface area contributed by atoms with Crippen molar-refractivity contribution in [3.05, 3.63) is 75.5 Å². The fourth-order valence-corrected chi connectivity index (χ4v) is 3.69. The van der Waals surface area contributed by atoms with Crippen LogP contribution in [0, 0.1) is 17.0 Å². The molecule has 1 aliphatic heterocycles. The lowest BCUT2D eigenvalue weighted by Gasteiger charge is -2.34. The van der Waals surface area contributed by atoms with Gasteiger partial charge in [0.25, 0.3) is 5.91 Å². The second-order valence-electron chi connectivity index (χ2n) is 7.87. The van der Waals surface area contributed by atoms with Crippen LogP contribution in [0.5, 0.6) is 5.75 Å². The molecule has 0 saturated carbocycles. The molecule has 3 aromatic rings. The van der Waals surface area contributed by atoms with E-state index in [1.807, 2.05) is 19.4 Å². The van der Waals surface area contributed by atoms with Crippen molar-refractivity contribution >= 4 is 11.6 Å². The van der Waals surface area contributed by atoms with Gasteiger partial charge >= 0.3 is 5.69 Å². The first kappa shape index (κ1) is 21.6. The predicted molar refractivity (Wildman–Crippen MR) is 115 cm³/mol. The Balaban J connectivity index is 1.31. The van der Waals surface area contributed by atoms with Crippen molar-refractivity contribution in [1.29, 1.82) is 0 Å². The summed E-state index contributed by atoms with van der Waals surface area (Å²) >= 11 is 0. The molecule has 1 fully saturated rings. The first-order valence-electron chi connectivity index (χ1n) is 10.3. The van der Waals surface area contributed by atoms with Crippen molar-refractivity contribution in [2.75, 3.05) is 26.2 Å². The van der Waals surface area contributed by atoms with E-state index in [0.717, 1.165) is 30.8 Å². The Hall–Kier alpha value is -3.66. The van der Waals surface area contributed by atoms with Crippen LogP contribution >= 0.6 is 0 Å². The van der Waals surface area contributed by atoms with Gasteiger partial charge in [-0.15, -0.1) is 0 Å². The van der Waals surface area contributed by atoms with Crippen LogP contribution in [0.25, 0.3) is 0 Å². The number of benzene rings is 1. The van der Waals surface area contributed by atoms with E-state index in [4.69, 9.17) is 9.15 Å². The van der Waals surface area contributed by atoms with Crippen LogP contribution in [0.2, 0.25) is 0 Å². The van der Waals surface area contributed by atoms with E-state index < -0.39 is 4.92 Å². The average Bonchev–Trinajstić information content (AvgIpc) is 3.41. The van der Waals surface area contributed by atoms with E-state index in [1.54, 1.807) is 40.8 Å². The summed E-state index contributed by atoms with van der Waals surface area (Å²) in [5.41, 5.74) is 1.82. The molecule has 0 N–H and O–H groups in total. The van der Waals surface area contributed by atoms with E-state index in [9.17, 15) is 14.9 Å². The smallest absolute Gasteiger partial charge is 0.311 e. The van der Waals surface area contributed by atoms with E-state index in [-0.39, 0.29) is 29.7 Å². The van der Waals surface area contributed by atoms with Gasteiger partial charge in [0.15, 0.2) is 11.5 Å². The molecule has 1 amide bonds. The molecule has 32 heavy (non-hydrogen) atoms. The largest absolute Gasteiger partial charge is 0.479 e. The molecule has 10 heteroatoms. The maximum absolute atomic E-state index is 12.8. The molecule has 3 heterocycles. The Morgan fingerprint density at radius 1 is 1.22 bits per heavy atom. The third-order valence-corrected chi connectivity index (χ3v) is 5.38. The van der Waals surface area contributed by atoms with Gasteiger partial charge in [0.1, 0.15) is 12.4 Å². The van der Waals surface area contributed by atoms with E-state index >= 15 is 0 Å². The zero-order chi connectivity index (χ0) is 22.7. The van der Waals surface area contributed by atoms with Crippen LogP contribution < -0.4 is 4.74 Å². The zero-order valence-corrected chi connectivity index (χ0v) is 18.1. The Labute approximate surface area is 185 Å². The quantitative estimate of drug-likeness (QED) is 0.411. The number of carbonyl (C=O) groups excluding carboxylic acids is 1. The molecule has 0 bridgehead atoms. The van der Waals surface area contributed by atoms with Gasteiger partial charge < -0.3 is 14.1 Å². The first-order valence-corrected chi connectivity index (χ1v) is 10.3. The van der Waals surface area contributed by atoms with Crippen molar-refractivity contribution in [1.82, 2.24) is 19.6 Å². The lowest BCUT2D eigenvalue weighted by atomic mass is 10.2. The SMILES string of the molecule is Cc1ccc(OCc2ccc(C(=O)N3CCN(Cc4cnn(C)c4)CC3)o2)c([N+](=O)[O-])c1. The molecule has 0 radical (unpaired) electrons. The fraction of sp³-hybridized carbons (Fsp3) is 0.364. The molecule has 4 rings (SSSR count). The van der Waals surface area contributed by atoms with Crippen LogP contribution in [-0.2, 0) is 20.2 Å². The van der Waals surface area contributed by atoms with Gasteiger partial charge in [0.05, 0.1) is 11.1 Å². The molecule has 0 aliphatic carbocycles. The average molecular weight is 439 g/mol. The van der Waals surface area contributed by atoms with Crippen molar-refractivity contribution in [3.8, 4) is 5.75 Å². The van der Waals surface area contributed by atoms with E-state index in [2.05, 4.69) is 10.00 Å². The molecule has 0 atom stereocenters. The second-order valence-corrected chi connectivity index (χ2v) is 7.87. The number of carbonyl (C=O) groups is 1. The van der Waals surface area contributed by atoms with Crippen molar-refractivity contribution in [3.63, 3.8) is 0 Å². The Bertz CT molecular complexity index is 1110. The Kier molecular flexibility index (Phi) is 6.22. The number of nitro groups is 1. The Morgan fingerprint density at radius 3 is 2.69 bits per heavy atom. The third kappa shape index (κ3) is 4.97. The minimum atomic E-state index is -0.479. The van der Waals surface area contributed by atoms with Gasteiger partial charge in [-0.05, 0) is 30.7 Å². The summed E-state index contributed by atoms with van der Waals surface area (Å²) in [7, 11) is 1.89. The maximum atomic E-state index is 12.8. The van der Waals surface area contributed by atoms with Gasteiger partial charge in [-0.3, -0.25) is 24.5 Å². The summed E-state index contributed by atoms with van der Waals surface area (Å²) in [6.45, 7) is 5.35. The van der Waals surface area contributed by atoms with Crippen molar-refractivity contribution in [2.45, 2.75) is 20.1 Å². The minimum absolute atomic E-state index is 0.00390. The second kappa shape index (κ2) is 9.23. The first-order chi connectivity index (χ1) is 15.4. The van der Waals surface area contributed by atoms with E-state index in [1.165, 1.54) is 6.07 Å². The standard InChI is InChI=1S/C22H25N5O5/c1-16-3-5-20(19(11-16)27(29)30)31-15-18-4-6-21(32-18)22(28)26-9-7-25(8-10-26)14-17-12-23-24(2)13-17/h3-6,11-13H,7-10,14-15H2,1-2H3. The number of hydrogen-bond donors (Lipinski definition) is 0. The van der Waals surface area contributed by atoms with Gasteiger partial charge in [-0.2, -0.15) is 5.10 Å². The monoisotopic (exact) mass is 439 g/mol. The summed E-state index contributed by atoms with van der Waals surface area (Å²) in [6, 6.07) is 8.04. The molecule has 1 saturated heterocycles. The number of nitrogens with zero attached hydrogens (tertiary/aromatic N) is 5. The van der Waals surface area contributed by atoms with Gasteiger partial charge in [0.2, 0.25) is 0 Å². The molecule has 10 nitrogen and oxygen atoms in total. The normalized spacial score (nSPS) is 14.5. The number of rotatable bonds is 7. The molecule has 0 unspecified atom stereocenters. The fourth-order valence-electron chi connectivity index (χ4n) is 3.69. The number of amides is 1. The minimum Gasteiger partial charge on any atom is -0.479 e. The molecule has 1 aliphatic rings. The molecule has 168 valence electrons. The molecule has 0 spiro atoms. The van der Waals surface area contributed by atoms with Crippen LogP contribution in [0.1, 0.15) is 27.4 Å². The van der Waals surface area contributed by atoms with E-state index in [0.29, 0.717) is 18.8 Å². The predicted octanol–water partition coefficient (Wildman–Crippen LogP) is 2.77. The van der Waals surface area contributed by atoms with Crippen LogP contribution in [-0.4, -0.2) is 56.6 Å². The van der Waals surface area contributed by atoms with Gasteiger partial charge in [-0.1, -0.05) is 6.07 Å². The van der Waals surface area contributed by atoms with Gasteiger partial charge in [0, 0.05) is 57.6 Å². The number of nitro benzene ring substituents is 1. The zero-order valence-electron chi connectivity index (χ0n) is 18.1. The lowest BCUT2D eigenvalue weighted by Crippen LogP contribution is -2.48. The Morgan fingerprint density at radius 2 is 2.00 bits per heavy atom. The van der Waals surface area contributed by atoms with Crippen LogP contribution in [0.15, 0.2) is 47.1 Å². The molecular formula is C22H25N5O5. The summed E-state index contributed by atoms with van der Waals surface area (Å²) in [4.78, 5) is 27.6. The summed E-state index contributed by atoms with van der Waals surface area (Å²) in [5.74, 6) is 0.661. The lowest BCUT2D eigenvalue weighted by molar-refractivity contribution is -0.386. The number of aromatic nitrogens is 2. The number of furan rings is 1. The summed E-state index contributed by atoms with van der Waals surface area (Å²) < 4.78 is 13.0.